The van der Waals surface area contributed by atoms with Crippen molar-refractivity contribution in [3.63, 3.8) is 0 Å². The summed E-state index contributed by atoms with van der Waals surface area (Å²) in [6.07, 6.45) is 5.71. The monoisotopic (exact) mass is 522 g/mol. The number of aromatic nitrogens is 1. The fraction of sp³-hybridized carbons (Fsp3) is 0.370. The van der Waals surface area contributed by atoms with Crippen LogP contribution in [-0.4, -0.2) is 60.9 Å². The van der Waals surface area contributed by atoms with E-state index in [9.17, 15) is 19.5 Å². The first-order valence-corrected chi connectivity index (χ1v) is 13.8. The van der Waals surface area contributed by atoms with Crippen molar-refractivity contribution >= 4 is 47.5 Å². The Morgan fingerprint density at radius 1 is 1.06 bits per heavy atom. The second kappa shape index (κ2) is 10.2. The van der Waals surface area contributed by atoms with Gasteiger partial charge in [0.05, 0.1) is 0 Å². The van der Waals surface area contributed by atoms with Crippen molar-refractivity contribution < 1.29 is 19.5 Å². The molecular weight excluding hydrogens is 491 g/mol. The third-order valence-electron chi connectivity index (χ3n) is 6.61. The topological polar surface area (TPSA) is 79.6 Å². The molecule has 0 aliphatic heterocycles. The summed E-state index contributed by atoms with van der Waals surface area (Å²) >= 11 is -0.894. The summed E-state index contributed by atoms with van der Waals surface area (Å²) in [6, 6.07) is 13.4. The van der Waals surface area contributed by atoms with Gasteiger partial charge in [0.1, 0.15) is 0 Å². The van der Waals surface area contributed by atoms with Crippen LogP contribution in [0.3, 0.4) is 0 Å². The Morgan fingerprint density at radius 3 is 2.44 bits per heavy atom. The number of rotatable bonds is 7. The third-order valence-corrected chi connectivity index (χ3v) is 8.61. The molecule has 1 N–H and O–H groups in total. The number of carboxylic acids is 1. The van der Waals surface area contributed by atoms with Crippen LogP contribution in [0.1, 0.15) is 60.9 Å². The molecule has 4 rings (SSSR count). The average molecular weight is 522 g/mol. The van der Waals surface area contributed by atoms with Crippen LogP contribution in [-0.2, 0) is 16.1 Å². The number of likely N-dealkylation sites (N-methyl/N-ethyl adjacent to an activating group) is 1. The van der Waals surface area contributed by atoms with Crippen molar-refractivity contribution in [2.24, 2.45) is 0 Å². The van der Waals surface area contributed by atoms with Gasteiger partial charge in [-0.1, -0.05) is 0 Å². The Hall–Kier alpha value is -2.85. The molecule has 0 radical (unpaired) electrons. The van der Waals surface area contributed by atoms with Crippen LogP contribution in [0.4, 0.5) is 0 Å². The van der Waals surface area contributed by atoms with E-state index in [1.54, 1.807) is 38.1 Å². The van der Waals surface area contributed by atoms with E-state index in [2.05, 4.69) is 6.07 Å². The molecule has 1 saturated carbocycles. The second-order valence-electron chi connectivity index (χ2n) is 9.27. The van der Waals surface area contributed by atoms with Crippen LogP contribution < -0.4 is 4.35 Å². The van der Waals surface area contributed by atoms with Crippen LogP contribution >= 0.6 is 0 Å². The van der Waals surface area contributed by atoms with Gasteiger partial charge in [0, 0.05) is 0 Å². The third kappa shape index (κ3) is 4.97. The molecule has 1 aliphatic rings. The molecule has 1 atom stereocenters. The van der Waals surface area contributed by atoms with Crippen LogP contribution in [0.15, 0.2) is 42.5 Å². The molecule has 0 bridgehead atoms. The minimum atomic E-state index is -0.983. The first-order chi connectivity index (χ1) is 16.3. The van der Waals surface area contributed by atoms with Gasteiger partial charge in [-0.05, 0) is 0 Å². The van der Waals surface area contributed by atoms with Crippen molar-refractivity contribution in [3.05, 3.63) is 53.6 Å². The second-order valence-corrected chi connectivity index (χ2v) is 12.5. The maximum atomic E-state index is 12.9. The standard InChI is InChI=1S/C27H31AsN2O4/c1-17(31)28-21-11-7-10-19(14-21)26-25(18-8-5-4-6-9-18)22-13-12-20(27(33)34)15-23(22)30(26)16-24(32)29(2)3/h7,10-15,18,28H,4-6,8-9,16H2,1-3H3,(H,33,34). The van der Waals surface area contributed by atoms with Crippen LogP contribution in [0.2, 0.25) is 0 Å². The molecule has 1 amide bonds. The number of hydrogen-bond donors (Lipinski definition) is 1. The molecule has 34 heavy (non-hydrogen) atoms. The normalized spacial score (nSPS) is 14.7. The minimum absolute atomic E-state index is 0.0533. The predicted octanol–water partition coefficient (Wildman–Crippen LogP) is 3.75. The molecule has 1 unspecified atom stereocenters. The summed E-state index contributed by atoms with van der Waals surface area (Å²) in [6.45, 7) is 1.77. The van der Waals surface area contributed by atoms with Gasteiger partial charge < -0.3 is 0 Å². The van der Waals surface area contributed by atoms with E-state index in [-0.39, 0.29) is 22.6 Å². The van der Waals surface area contributed by atoms with Gasteiger partial charge in [-0.25, -0.2) is 0 Å². The van der Waals surface area contributed by atoms with Gasteiger partial charge >= 0.3 is 207 Å². The summed E-state index contributed by atoms with van der Waals surface area (Å²) < 4.78 is 3.28. The summed E-state index contributed by atoms with van der Waals surface area (Å²) in [5, 5.41) is 10.7. The Balaban J connectivity index is 2.02. The molecule has 0 spiro atoms. The van der Waals surface area contributed by atoms with Crippen LogP contribution in [0, 0.1) is 0 Å². The number of carboxylic acid groups (broad SMARTS) is 1. The van der Waals surface area contributed by atoms with E-state index in [0.29, 0.717) is 5.92 Å². The van der Waals surface area contributed by atoms with E-state index in [1.807, 2.05) is 28.8 Å². The zero-order valence-electron chi connectivity index (χ0n) is 19.9. The van der Waals surface area contributed by atoms with E-state index in [0.717, 1.165) is 52.2 Å². The molecule has 0 saturated heterocycles. The van der Waals surface area contributed by atoms with E-state index in [1.165, 1.54) is 12.0 Å². The fourth-order valence-corrected chi connectivity index (χ4v) is 6.72. The van der Waals surface area contributed by atoms with Crippen molar-refractivity contribution in [2.75, 3.05) is 14.1 Å². The van der Waals surface area contributed by atoms with Crippen LogP contribution in [0.25, 0.3) is 22.2 Å². The fourth-order valence-electron chi connectivity index (χ4n) is 5.01. The van der Waals surface area contributed by atoms with E-state index < -0.39 is 21.7 Å². The molecule has 1 fully saturated rings. The van der Waals surface area contributed by atoms with Gasteiger partial charge in [0.2, 0.25) is 0 Å². The zero-order valence-corrected chi connectivity index (χ0v) is 22.0. The number of benzene rings is 2. The van der Waals surface area contributed by atoms with Crippen molar-refractivity contribution in [3.8, 4) is 11.3 Å². The zero-order chi connectivity index (χ0) is 24.4. The van der Waals surface area contributed by atoms with Crippen molar-refractivity contribution in [2.45, 2.75) is 51.5 Å². The Morgan fingerprint density at radius 2 is 1.79 bits per heavy atom. The molecule has 7 heteroatoms. The summed E-state index contributed by atoms with van der Waals surface area (Å²) in [5.74, 6) is -0.685. The van der Waals surface area contributed by atoms with Gasteiger partial charge in [-0.3, -0.25) is 0 Å². The number of hydrogen-bond acceptors (Lipinski definition) is 3. The molecule has 1 aliphatic carbocycles. The Bertz CT molecular complexity index is 1250. The molecule has 178 valence electrons. The first-order valence-electron chi connectivity index (χ1n) is 11.7. The average Bonchev–Trinajstić information content (AvgIpc) is 3.12. The molecule has 1 aromatic heterocycles. The number of aromatic carboxylic acids is 1. The number of carbonyl (C=O) groups excluding carboxylic acids is 2. The summed E-state index contributed by atoms with van der Waals surface area (Å²) in [5.41, 5.74) is 4.17. The number of nitrogens with zero attached hydrogens (tertiary/aromatic N) is 2. The predicted molar refractivity (Wildman–Crippen MR) is 136 cm³/mol. The Kier molecular flexibility index (Phi) is 7.27. The SMILES string of the molecule is CC(=O)[AsH]c1cccc(-c2c(C3CCCCC3)c3ccc(C(=O)O)cc3n2CC(=O)N(C)C)c1. The maximum absolute atomic E-state index is 12.9. The summed E-state index contributed by atoms with van der Waals surface area (Å²) in [4.78, 5) is 38.1. The Labute approximate surface area is 206 Å². The van der Waals surface area contributed by atoms with Gasteiger partial charge in [0.25, 0.3) is 0 Å². The molecule has 1 heterocycles. The molecular formula is C27H31AsN2O4. The quantitative estimate of drug-likeness (QED) is 0.480. The van der Waals surface area contributed by atoms with Crippen LogP contribution in [0.5, 0.6) is 0 Å². The molecule has 6 nitrogen and oxygen atoms in total. The number of fused-ring (bicyclic) bond motifs is 1. The first kappa shape index (κ1) is 24.3. The van der Waals surface area contributed by atoms with Gasteiger partial charge in [-0.15, -0.1) is 0 Å². The molecule has 3 aromatic rings. The molecule has 2 aromatic carbocycles. The van der Waals surface area contributed by atoms with E-state index in [4.69, 9.17) is 0 Å². The summed E-state index contributed by atoms with van der Waals surface area (Å²) in [7, 11) is 3.47. The number of amides is 1. The van der Waals surface area contributed by atoms with Gasteiger partial charge in [-0.2, -0.15) is 0 Å². The van der Waals surface area contributed by atoms with E-state index >= 15 is 0 Å². The van der Waals surface area contributed by atoms with Crippen molar-refractivity contribution in [1.29, 1.82) is 0 Å². The van der Waals surface area contributed by atoms with Gasteiger partial charge in [0.15, 0.2) is 0 Å². The number of carbonyl (C=O) groups is 3. The van der Waals surface area contributed by atoms with Crippen molar-refractivity contribution in [1.82, 2.24) is 9.47 Å².